The first kappa shape index (κ1) is 37.7. The van der Waals surface area contributed by atoms with E-state index in [-0.39, 0.29) is 36.7 Å². The van der Waals surface area contributed by atoms with Crippen LogP contribution < -0.4 is 10.8 Å². The Bertz CT molecular complexity index is 1730. The Morgan fingerprint density at radius 2 is 1.43 bits per heavy atom. The lowest BCUT2D eigenvalue weighted by molar-refractivity contribution is -0.245. The van der Waals surface area contributed by atoms with E-state index < -0.39 is 18.2 Å². The predicted molar refractivity (Wildman–Crippen MR) is 194 cm³/mol. The molecule has 51 heavy (non-hydrogen) atoms. The van der Waals surface area contributed by atoms with Crippen LogP contribution in [0.1, 0.15) is 90.0 Å². The largest absolute Gasteiger partial charge is 0.478 e. The lowest BCUT2D eigenvalue weighted by atomic mass is 9.97. The number of aliphatic hydroxyl groups excluding tert-OH is 1. The Kier molecular flexibility index (Phi) is 14.2. The number of thioether (sulfide) groups is 1. The van der Waals surface area contributed by atoms with Gasteiger partial charge in [-0.2, -0.15) is 0 Å². The first-order valence-corrected chi connectivity index (χ1v) is 18.2. The number of hydrogen-bond donors (Lipinski definition) is 5. The molecule has 2 amide bonds. The topological polar surface area (TPSA) is 154 Å². The molecule has 0 unspecified atom stereocenters. The van der Waals surface area contributed by atoms with E-state index >= 15 is 0 Å². The molecule has 1 aliphatic rings. The number of aromatic carboxylic acids is 1. The molecule has 5 rings (SSSR count). The Balaban J connectivity index is 1.22. The van der Waals surface area contributed by atoms with Gasteiger partial charge in [-0.25, -0.2) is 10.3 Å². The number of hydroxylamine groups is 1. The highest BCUT2D eigenvalue weighted by atomic mass is 32.2. The zero-order valence-electron chi connectivity index (χ0n) is 28.3. The van der Waals surface area contributed by atoms with Crippen LogP contribution in [0.5, 0.6) is 0 Å². The number of carbonyl (C=O) groups excluding carboxylic acids is 2. The second-order valence-electron chi connectivity index (χ2n) is 12.5. The van der Waals surface area contributed by atoms with Crippen molar-refractivity contribution in [2.45, 2.75) is 81.5 Å². The number of ether oxygens (including phenoxy) is 2. The minimum Gasteiger partial charge on any atom is -0.478 e. The van der Waals surface area contributed by atoms with E-state index in [1.807, 2.05) is 84.9 Å². The van der Waals surface area contributed by atoms with Crippen molar-refractivity contribution in [2.75, 3.05) is 5.75 Å². The fourth-order valence-electron chi connectivity index (χ4n) is 5.94. The zero-order valence-corrected chi connectivity index (χ0v) is 29.1. The number of unbranched alkanes of at least 4 members (excludes halogenated alkanes) is 3. The van der Waals surface area contributed by atoms with E-state index in [9.17, 15) is 24.6 Å². The van der Waals surface area contributed by atoms with Gasteiger partial charge < -0.3 is 25.0 Å². The summed E-state index contributed by atoms with van der Waals surface area (Å²) in [5, 5.41) is 30.4. The maximum absolute atomic E-state index is 12.6. The molecule has 1 fully saturated rings. The highest BCUT2D eigenvalue weighted by Crippen LogP contribution is 2.40. The van der Waals surface area contributed by atoms with Gasteiger partial charge in [0.05, 0.1) is 24.4 Å². The molecule has 0 aromatic heterocycles. The standard InChI is InChI=1S/C40H44N2O8S/c43-25-27-11-13-29(14-12-27)36-23-33(26-51-34-21-19-30(20-22-34)39(46)47)49-40(50-36)31-17-15-28(16-18-31)35-8-6-5-7-32(35)24-41-37(44)9-3-1-2-4-10-38(45)42-48/h5-8,11-22,33,36,40,43,48H,1-4,9-10,23-26H2,(H,41,44)(H,42,45)(H,46,47)/t33-,36+,40+/m0/s1. The lowest BCUT2D eigenvalue weighted by Crippen LogP contribution is -2.31. The summed E-state index contributed by atoms with van der Waals surface area (Å²) in [5.74, 6) is -0.721. The molecule has 0 radical (unpaired) electrons. The van der Waals surface area contributed by atoms with Crippen LogP contribution >= 0.6 is 11.8 Å². The number of carbonyl (C=O) groups is 3. The van der Waals surface area contributed by atoms with Gasteiger partial charge >= 0.3 is 5.97 Å². The maximum atomic E-state index is 12.6. The molecule has 268 valence electrons. The summed E-state index contributed by atoms with van der Waals surface area (Å²) in [6.07, 6.45) is 3.39. The molecule has 0 bridgehead atoms. The van der Waals surface area contributed by atoms with Crippen LogP contribution in [0.25, 0.3) is 11.1 Å². The molecule has 4 aromatic carbocycles. The van der Waals surface area contributed by atoms with Gasteiger partial charge in [0.1, 0.15) is 0 Å². The Morgan fingerprint density at radius 3 is 2.10 bits per heavy atom. The number of rotatable bonds is 17. The van der Waals surface area contributed by atoms with Crippen molar-refractivity contribution in [1.29, 1.82) is 0 Å². The average molecular weight is 713 g/mol. The Labute approximate surface area is 302 Å². The highest BCUT2D eigenvalue weighted by Gasteiger charge is 2.32. The third-order valence-corrected chi connectivity index (χ3v) is 9.97. The van der Waals surface area contributed by atoms with E-state index in [4.69, 9.17) is 14.7 Å². The summed E-state index contributed by atoms with van der Waals surface area (Å²) < 4.78 is 13.0. The van der Waals surface area contributed by atoms with Crippen LogP contribution in [0.15, 0.2) is 102 Å². The molecular weight excluding hydrogens is 669 g/mol. The first-order valence-electron chi connectivity index (χ1n) is 17.2. The molecule has 0 spiro atoms. The first-order chi connectivity index (χ1) is 24.8. The minimum absolute atomic E-state index is 0.0228. The van der Waals surface area contributed by atoms with E-state index in [1.165, 1.54) is 0 Å². The third kappa shape index (κ3) is 11.2. The molecule has 1 saturated heterocycles. The van der Waals surface area contributed by atoms with Crippen LogP contribution in [-0.2, 0) is 32.2 Å². The van der Waals surface area contributed by atoms with Crippen LogP contribution in [0.3, 0.4) is 0 Å². The van der Waals surface area contributed by atoms with Crippen molar-refractivity contribution in [2.24, 2.45) is 0 Å². The summed E-state index contributed by atoms with van der Waals surface area (Å²) in [4.78, 5) is 35.9. The maximum Gasteiger partial charge on any atom is 0.335 e. The summed E-state index contributed by atoms with van der Waals surface area (Å²) in [6.45, 7) is 0.368. The number of amides is 2. The van der Waals surface area contributed by atoms with E-state index in [2.05, 4.69) is 5.32 Å². The van der Waals surface area contributed by atoms with Crippen LogP contribution in [0.4, 0.5) is 0 Å². The minimum atomic E-state index is -0.956. The van der Waals surface area contributed by atoms with Crippen molar-refractivity contribution < 1.29 is 39.3 Å². The van der Waals surface area contributed by atoms with Gasteiger partial charge in [0.2, 0.25) is 11.8 Å². The summed E-state index contributed by atoms with van der Waals surface area (Å²) in [6, 6.07) is 30.6. The number of aliphatic hydroxyl groups is 1. The zero-order chi connectivity index (χ0) is 36.0. The van der Waals surface area contributed by atoms with Crippen molar-refractivity contribution in [3.8, 4) is 11.1 Å². The molecule has 5 N–H and O–H groups in total. The van der Waals surface area contributed by atoms with Gasteiger partial charge in [-0.3, -0.25) is 14.8 Å². The van der Waals surface area contributed by atoms with Gasteiger partial charge in [0.25, 0.3) is 0 Å². The van der Waals surface area contributed by atoms with Gasteiger partial charge in [-0.1, -0.05) is 85.6 Å². The molecule has 11 heteroatoms. The second kappa shape index (κ2) is 19.2. The summed E-state index contributed by atoms with van der Waals surface area (Å²) >= 11 is 1.61. The predicted octanol–water partition coefficient (Wildman–Crippen LogP) is 7.34. The van der Waals surface area contributed by atoms with E-state index in [0.29, 0.717) is 31.6 Å². The monoisotopic (exact) mass is 712 g/mol. The van der Waals surface area contributed by atoms with Gasteiger partial charge in [-0.05, 0) is 64.9 Å². The second-order valence-corrected chi connectivity index (χ2v) is 13.6. The fourth-order valence-corrected chi connectivity index (χ4v) is 6.87. The number of carboxylic acid groups (broad SMARTS) is 1. The quantitative estimate of drug-likeness (QED) is 0.0327. The molecule has 1 heterocycles. The van der Waals surface area contributed by atoms with Gasteiger partial charge in [-0.15, -0.1) is 11.8 Å². The van der Waals surface area contributed by atoms with Crippen molar-refractivity contribution in [1.82, 2.24) is 10.8 Å². The molecule has 0 saturated carbocycles. The lowest BCUT2D eigenvalue weighted by Gasteiger charge is -2.36. The van der Waals surface area contributed by atoms with E-state index in [1.54, 1.807) is 29.4 Å². The van der Waals surface area contributed by atoms with Crippen molar-refractivity contribution in [3.63, 3.8) is 0 Å². The normalized spacial score (nSPS) is 17.1. The number of benzene rings is 4. The van der Waals surface area contributed by atoms with Crippen LogP contribution in [0, 0.1) is 0 Å². The average Bonchev–Trinajstić information content (AvgIpc) is 3.17. The van der Waals surface area contributed by atoms with Gasteiger partial charge in [0, 0.05) is 42.0 Å². The Hall–Kier alpha value is -4.52. The third-order valence-electron chi connectivity index (χ3n) is 8.82. The summed E-state index contributed by atoms with van der Waals surface area (Å²) in [7, 11) is 0. The molecule has 10 nitrogen and oxygen atoms in total. The molecule has 4 aromatic rings. The van der Waals surface area contributed by atoms with Gasteiger partial charge in [0.15, 0.2) is 6.29 Å². The summed E-state index contributed by atoms with van der Waals surface area (Å²) in [5.41, 5.74) is 7.59. The smallest absolute Gasteiger partial charge is 0.335 e. The molecule has 1 aliphatic heterocycles. The van der Waals surface area contributed by atoms with Crippen molar-refractivity contribution >= 4 is 29.5 Å². The van der Waals surface area contributed by atoms with Crippen LogP contribution in [-0.4, -0.2) is 45.1 Å². The number of carboxylic acids is 1. The number of hydrogen-bond acceptors (Lipinski definition) is 8. The van der Waals surface area contributed by atoms with Crippen molar-refractivity contribution in [3.05, 3.63) is 125 Å². The van der Waals surface area contributed by atoms with Crippen LogP contribution in [0.2, 0.25) is 0 Å². The molecular formula is C40H44N2O8S. The SMILES string of the molecule is O=C(CCCCCCC(=O)NCc1ccccc1-c1ccc([C@@H]2O[C@H](CSc3ccc(C(=O)O)cc3)C[C@H](c3ccc(CO)cc3)O2)cc1)NO. The molecule has 3 atom stereocenters. The Morgan fingerprint density at radius 1 is 0.765 bits per heavy atom. The van der Waals surface area contributed by atoms with E-state index in [0.717, 1.165) is 57.5 Å². The highest BCUT2D eigenvalue weighted by molar-refractivity contribution is 7.99. The fraction of sp³-hybridized carbons (Fsp3) is 0.325. The molecule has 0 aliphatic carbocycles. The number of nitrogens with one attached hydrogen (secondary N) is 2.